The van der Waals surface area contributed by atoms with Crippen molar-refractivity contribution in [3.63, 3.8) is 0 Å². The third-order valence-electron chi connectivity index (χ3n) is 3.88. The van der Waals surface area contributed by atoms with E-state index in [1.165, 1.54) is 0 Å². The molecule has 3 rings (SSSR count). The molecular weight excluding hydrogens is 282 g/mol. The number of imidazole rings is 1. The van der Waals surface area contributed by atoms with E-state index in [1.54, 1.807) is 30.7 Å². The number of aliphatic hydroxyl groups is 1. The summed E-state index contributed by atoms with van der Waals surface area (Å²) in [5.74, 6) is -0.257. The Bertz CT molecular complexity index is 642. The Morgan fingerprint density at radius 1 is 1.45 bits per heavy atom. The summed E-state index contributed by atoms with van der Waals surface area (Å²) in [7, 11) is 1.94. The average Bonchev–Trinajstić information content (AvgIpc) is 3.07. The molecule has 2 atom stereocenters. The number of nitrogens with zero attached hydrogens (tertiary/aromatic N) is 4. The van der Waals surface area contributed by atoms with E-state index in [0.29, 0.717) is 25.3 Å². The van der Waals surface area contributed by atoms with Gasteiger partial charge in [0, 0.05) is 39.1 Å². The number of pyridine rings is 1. The summed E-state index contributed by atoms with van der Waals surface area (Å²) >= 11 is 0. The van der Waals surface area contributed by atoms with Crippen molar-refractivity contribution in [3.8, 4) is 0 Å². The normalized spacial score (nSPS) is 21.9. The van der Waals surface area contributed by atoms with E-state index < -0.39 is 6.10 Å². The predicted molar refractivity (Wildman–Crippen MR) is 80.0 cm³/mol. The SMILES string of the molecule is Cn1cncc1CN1C[C@@H](O)[C@H](NC(=O)c2ccccn2)C1. The highest BCUT2D eigenvalue weighted by molar-refractivity contribution is 5.92. The van der Waals surface area contributed by atoms with Crippen molar-refractivity contribution in [3.05, 3.63) is 48.3 Å². The van der Waals surface area contributed by atoms with E-state index in [4.69, 9.17) is 0 Å². The Hall–Kier alpha value is -2.25. The first-order valence-corrected chi connectivity index (χ1v) is 7.21. The fraction of sp³-hybridized carbons (Fsp3) is 0.400. The minimum absolute atomic E-state index is 0.257. The molecule has 2 aromatic rings. The summed E-state index contributed by atoms with van der Waals surface area (Å²) in [5.41, 5.74) is 1.43. The third kappa shape index (κ3) is 3.15. The molecule has 0 radical (unpaired) electrons. The number of rotatable bonds is 4. The molecule has 1 fully saturated rings. The molecule has 1 aliphatic heterocycles. The van der Waals surface area contributed by atoms with Crippen molar-refractivity contribution in [2.75, 3.05) is 13.1 Å². The molecule has 1 saturated heterocycles. The molecule has 7 heteroatoms. The second-order valence-corrected chi connectivity index (χ2v) is 5.55. The minimum atomic E-state index is -0.583. The zero-order valence-corrected chi connectivity index (χ0v) is 12.4. The van der Waals surface area contributed by atoms with Crippen molar-refractivity contribution in [2.45, 2.75) is 18.7 Å². The van der Waals surface area contributed by atoms with Crippen molar-refractivity contribution in [1.82, 2.24) is 24.8 Å². The van der Waals surface area contributed by atoms with Crippen LogP contribution in [-0.4, -0.2) is 55.7 Å². The number of aliphatic hydroxyl groups excluding tert-OH is 1. The number of hydrogen-bond donors (Lipinski definition) is 2. The summed E-state index contributed by atoms with van der Waals surface area (Å²) in [5, 5.41) is 13.0. The molecular formula is C15H19N5O2. The molecule has 0 bridgehead atoms. The lowest BCUT2D eigenvalue weighted by molar-refractivity contribution is 0.0883. The first kappa shape index (κ1) is 14.7. The van der Waals surface area contributed by atoms with Crippen molar-refractivity contribution in [1.29, 1.82) is 0 Å². The molecule has 1 aliphatic rings. The van der Waals surface area contributed by atoms with Gasteiger partial charge in [0.25, 0.3) is 5.91 Å². The van der Waals surface area contributed by atoms with E-state index in [-0.39, 0.29) is 11.9 Å². The first-order valence-electron chi connectivity index (χ1n) is 7.21. The highest BCUT2D eigenvalue weighted by Crippen LogP contribution is 2.14. The molecule has 22 heavy (non-hydrogen) atoms. The molecule has 0 unspecified atom stereocenters. The van der Waals surface area contributed by atoms with Crippen molar-refractivity contribution in [2.24, 2.45) is 7.05 Å². The zero-order valence-electron chi connectivity index (χ0n) is 12.4. The number of carbonyl (C=O) groups is 1. The zero-order chi connectivity index (χ0) is 15.5. The molecule has 116 valence electrons. The second kappa shape index (κ2) is 6.25. The number of likely N-dealkylation sites (tertiary alicyclic amines) is 1. The van der Waals surface area contributed by atoms with Gasteiger partial charge in [-0.25, -0.2) is 4.98 Å². The van der Waals surface area contributed by atoms with Crippen LogP contribution >= 0.6 is 0 Å². The number of nitrogens with one attached hydrogen (secondary N) is 1. The Kier molecular flexibility index (Phi) is 4.17. The second-order valence-electron chi connectivity index (χ2n) is 5.55. The minimum Gasteiger partial charge on any atom is -0.390 e. The van der Waals surface area contributed by atoms with Gasteiger partial charge < -0.3 is 15.0 Å². The molecule has 2 N–H and O–H groups in total. The maximum Gasteiger partial charge on any atom is 0.270 e. The molecule has 3 heterocycles. The van der Waals surface area contributed by atoms with Crippen LogP contribution in [0.3, 0.4) is 0 Å². The highest BCUT2D eigenvalue weighted by atomic mass is 16.3. The largest absolute Gasteiger partial charge is 0.390 e. The number of carbonyl (C=O) groups excluding carboxylic acids is 1. The summed E-state index contributed by atoms with van der Waals surface area (Å²) in [6.07, 6.45) is 4.56. The Balaban J connectivity index is 1.59. The monoisotopic (exact) mass is 301 g/mol. The van der Waals surface area contributed by atoms with Gasteiger partial charge in [0.1, 0.15) is 5.69 Å². The van der Waals surface area contributed by atoms with Gasteiger partial charge in [-0.1, -0.05) is 6.07 Å². The van der Waals surface area contributed by atoms with E-state index in [2.05, 4.69) is 20.2 Å². The maximum atomic E-state index is 12.1. The number of β-amino-alcohol motifs (C(OH)–C–C–N with tert-alkyl or cyclic N) is 1. The van der Waals surface area contributed by atoms with Crippen LogP contribution in [0.25, 0.3) is 0 Å². The van der Waals surface area contributed by atoms with Gasteiger partial charge in [0.15, 0.2) is 0 Å². The lowest BCUT2D eigenvalue weighted by Crippen LogP contribution is -2.43. The smallest absolute Gasteiger partial charge is 0.270 e. The standard InChI is InChI=1S/C15H19N5O2/c1-19-10-16-6-11(19)7-20-8-13(14(21)9-20)18-15(22)12-4-2-3-5-17-12/h2-6,10,13-14,21H,7-9H2,1H3,(H,18,22)/t13-,14-/m1/s1. The van der Waals surface area contributed by atoms with Crippen molar-refractivity contribution < 1.29 is 9.90 Å². The van der Waals surface area contributed by atoms with Crippen LogP contribution in [0.1, 0.15) is 16.2 Å². The van der Waals surface area contributed by atoms with E-state index >= 15 is 0 Å². The van der Waals surface area contributed by atoms with Gasteiger partial charge >= 0.3 is 0 Å². The molecule has 0 spiro atoms. The third-order valence-corrected chi connectivity index (χ3v) is 3.88. The fourth-order valence-electron chi connectivity index (χ4n) is 2.64. The molecule has 1 amide bonds. The van der Waals surface area contributed by atoms with Gasteiger partial charge in [-0.05, 0) is 12.1 Å². The Morgan fingerprint density at radius 2 is 2.32 bits per heavy atom. The van der Waals surface area contributed by atoms with Crippen LogP contribution in [0.2, 0.25) is 0 Å². The maximum absolute atomic E-state index is 12.1. The molecule has 7 nitrogen and oxygen atoms in total. The molecule has 0 aliphatic carbocycles. The quantitative estimate of drug-likeness (QED) is 0.816. The van der Waals surface area contributed by atoms with Gasteiger partial charge in [0.05, 0.1) is 24.2 Å². The number of amides is 1. The highest BCUT2D eigenvalue weighted by Gasteiger charge is 2.32. The summed E-state index contributed by atoms with van der Waals surface area (Å²) < 4.78 is 1.95. The number of aromatic nitrogens is 3. The van der Waals surface area contributed by atoms with Gasteiger partial charge in [-0.2, -0.15) is 0 Å². The lowest BCUT2D eigenvalue weighted by atomic mass is 10.2. The lowest BCUT2D eigenvalue weighted by Gasteiger charge is -2.16. The van der Waals surface area contributed by atoms with Crippen molar-refractivity contribution >= 4 is 5.91 Å². The molecule has 0 aromatic carbocycles. The van der Waals surface area contributed by atoms with Crippen LogP contribution in [0.15, 0.2) is 36.9 Å². The van der Waals surface area contributed by atoms with E-state index in [9.17, 15) is 9.90 Å². The van der Waals surface area contributed by atoms with E-state index in [1.807, 2.05) is 17.8 Å². The van der Waals surface area contributed by atoms with Gasteiger partial charge in [-0.15, -0.1) is 0 Å². The summed E-state index contributed by atoms with van der Waals surface area (Å²) in [6.45, 7) is 1.83. The Labute approximate surface area is 128 Å². The van der Waals surface area contributed by atoms with Crippen LogP contribution in [-0.2, 0) is 13.6 Å². The average molecular weight is 301 g/mol. The topological polar surface area (TPSA) is 83.3 Å². The first-order chi connectivity index (χ1) is 10.6. The van der Waals surface area contributed by atoms with Crippen LogP contribution in [0.4, 0.5) is 0 Å². The van der Waals surface area contributed by atoms with Gasteiger partial charge in [0.2, 0.25) is 0 Å². The van der Waals surface area contributed by atoms with E-state index in [0.717, 1.165) is 5.69 Å². The van der Waals surface area contributed by atoms with Crippen LogP contribution in [0, 0.1) is 0 Å². The number of hydrogen-bond acceptors (Lipinski definition) is 5. The molecule has 0 saturated carbocycles. The Morgan fingerprint density at radius 3 is 3.00 bits per heavy atom. The summed E-state index contributed by atoms with van der Waals surface area (Å²) in [6, 6.07) is 4.89. The fourth-order valence-corrected chi connectivity index (χ4v) is 2.64. The predicted octanol–water partition coefficient (Wildman–Crippen LogP) is -0.210. The van der Waals surface area contributed by atoms with Crippen LogP contribution in [0.5, 0.6) is 0 Å². The molecule has 2 aromatic heterocycles. The van der Waals surface area contributed by atoms with Crippen LogP contribution < -0.4 is 5.32 Å². The summed E-state index contributed by atoms with van der Waals surface area (Å²) in [4.78, 5) is 22.3. The number of aryl methyl sites for hydroxylation is 1. The van der Waals surface area contributed by atoms with Gasteiger partial charge in [-0.3, -0.25) is 14.7 Å².